The van der Waals surface area contributed by atoms with Gasteiger partial charge >= 0.3 is 11.4 Å². The van der Waals surface area contributed by atoms with Crippen LogP contribution in [-0.4, -0.2) is 32.2 Å². The minimum absolute atomic E-state index is 0.351. The summed E-state index contributed by atoms with van der Waals surface area (Å²) in [6.45, 7) is 1.30. The number of H-pyrrole nitrogens is 2. The quantitative estimate of drug-likeness (QED) is 0.445. The standard InChI is InChI=1S/C16H24N6O4/c1-21-13(23)9-11(19-15(21)25)17-7-5-3-4-6-8-18-12-10-14(24)22(2)16(26)20-12/h9-10,17-18H,3-8H2,1-2H3,(H,19,25)(H,20,26). The molecule has 10 nitrogen and oxygen atoms in total. The summed E-state index contributed by atoms with van der Waals surface area (Å²) in [6.07, 6.45) is 3.72. The molecule has 2 heterocycles. The third-order valence-electron chi connectivity index (χ3n) is 4.02. The number of aromatic nitrogens is 4. The summed E-state index contributed by atoms with van der Waals surface area (Å²) in [5.41, 5.74) is -1.59. The van der Waals surface area contributed by atoms with Gasteiger partial charge in [0, 0.05) is 39.3 Å². The van der Waals surface area contributed by atoms with Gasteiger partial charge in [0.15, 0.2) is 0 Å². The number of rotatable bonds is 9. The highest BCUT2D eigenvalue weighted by Gasteiger charge is 2.01. The molecule has 2 aromatic heterocycles. The zero-order valence-electron chi connectivity index (χ0n) is 14.9. The van der Waals surface area contributed by atoms with Crippen LogP contribution in [-0.2, 0) is 14.1 Å². The van der Waals surface area contributed by atoms with Crippen molar-refractivity contribution < 1.29 is 0 Å². The first-order valence-corrected chi connectivity index (χ1v) is 8.47. The molecule has 0 unspecified atom stereocenters. The monoisotopic (exact) mass is 364 g/mol. The van der Waals surface area contributed by atoms with E-state index in [9.17, 15) is 19.2 Å². The van der Waals surface area contributed by atoms with Gasteiger partial charge in [-0.1, -0.05) is 12.8 Å². The lowest BCUT2D eigenvalue weighted by Crippen LogP contribution is -2.32. The smallest absolute Gasteiger partial charge is 0.329 e. The molecule has 0 spiro atoms. The maximum atomic E-state index is 11.5. The molecule has 10 heteroatoms. The van der Waals surface area contributed by atoms with Crippen LogP contribution in [0.3, 0.4) is 0 Å². The highest BCUT2D eigenvalue weighted by Crippen LogP contribution is 2.02. The van der Waals surface area contributed by atoms with Gasteiger partial charge in [0.25, 0.3) is 11.1 Å². The topological polar surface area (TPSA) is 134 Å². The Balaban J connectivity index is 1.63. The molecule has 0 fully saturated rings. The third-order valence-corrected chi connectivity index (χ3v) is 4.02. The van der Waals surface area contributed by atoms with E-state index in [1.807, 2.05) is 0 Å². The van der Waals surface area contributed by atoms with Crippen molar-refractivity contribution in [2.75, 3.05) is 23.7 Å². The van der Waals surface area contributed by atoms with E-state index in [-0.39, 0.29) is 11.1 Å². The van der Waals surface area contributed by atoms with Gasteiger partial charge in [0.2, 0.25) is 0 Å². The molecule has 0 saturated carbocycles. The second-order valence-electron chi connectivity index (χ2n) is 6.04. The third kappa shape index (κ3) is 5.23. The molecule has 4 N–H and O–H groups in total. The Labute approximate surface area is 148 Å². The van der Waals surface area contributed by atoms with Crippen molar-refractivity contribution in [1.82, 2.24) is 19.1 Å². The number of aromatic amines is 2. The Morgan fingerprint density at radius 3 is 1.46 bits per heavy atom. The van der Waals surface area contributed by atoms with E-state index in [4.69, 9.17) is 0 Å². The largest absolute Gasteiger partial charge is 0.371 e. The molecule has 2 rings (SSSR count). The summed E-state index contributed by atoms with van der Waals surface area (Å²) in [4.78, 5) is 51.1. The van der Waals surface area contributed by atoms with Gasteiger partial charge in [0.1, 0.15) is 11.6 Å². The van der Waals surface area contributed by atoms with Crippen LogP contribution in [0.15, 0.2) is 31.3 Å². The van der Waals surface area contributed by atoms with E-state index in [1.165, 1.54) is 26.2 Å². The lowest BCUT2D eigenvalue weighted by atomic mass is 10.2. The van der Waals surface area contributed by atoms with E-state index in [0.717, 1.165) is 34.8 Å². The van der Waals surface area contributed by atoms with Crippen molar-refractivity contribution in [2.45, 2.75) is 25.7 Å². The van der Waals surface area contributed by atoms with Crippen LogP contribution < -0.4 is 33.1 Å². The van der Waals surface area contributed by atoms with E-state index in [0.29, 0.717) is 24.7 Å². The Morgan fingerprint density at radius 2 is 1.12 bits per heavy atom. The zero-order chi connectivity index (χ0) is 19.1. The summed E-state index contributed by atoms with van der Waals surface area (Å²) in [5, 5.41) is 6.05. The van der Waals surface area contributed by atoms with Gasteiger partial charge in [0.05, 0.1) is 0 Å². The van der Waals surface area contributed by atoms with Gasteiger partial charge in [-0.2, -0.15) is 0 Å². The van der Waals surface area contributed by atoms with E-state index < -0.39 is 11.4 Å². The SMILES string of the molecule is Cn1c(=O)cc(NCCCCCCNc2cc(=O)n(C)c(=O)[nH]2)[nH]c1=O. The van der Waals surface area contributed by atoms with Gasteiger partial charge in [-0.15, -0.1) is 0 Å². The lowest BCUT2D eigenvalue weighted by Gasteiger charge is -2.08. The molecule has 0 aliphatic heterocycles. The van der Waals surface area contributed by atoms with Crippen LogP contribution in [0.4, 0.5) is 11.6 Å². The predicted molar refractivity (Wildman–Crippen MR) is 100 cm³/mol. The van der Waals surface area contributed by atoms with Crippen molar-refractivity contribution in [3.05, 3.63) is 53.8 Å². The van der Waals surface area contributed by atoms with Gasteiger partial charge in [-0.05, 0) is 12.8 Å². The molecular formula is C16H24N6O4. The number of anilines is 2. The van der Waals surface area contributed by atoms with E-state index >= 15 is 0 Å². The minimum atomic E-state index is -0.445. The molecule has 0 aromatic carbocycles. The first kappa shape index (κ1) is 19.3. The van der Waals surface area contributed by atoms with Crippen LogP contribution in [0.5, 0.6) is 0 Å². The number of hydrogen-bond acceptors (Lipinski definition) is 6. The fourth-order valence-electron chi connectivity index (χ4n) is 2.35. The summed E-state index contributed by atoms with van der Waals surface area (Å²) in [5.74, 6) is 0.851. The Morgan fingerprint density at radius 1 is 0.731 bits per heavy atom. The molecule has 0 bridgehead atoms. The van der Waals surface area contributed by atoms with Gasteiger partial charge in [-0.25, -0.2) is 9.59 Å². The van der Waals surface area contributed by atoms with E-state index in [1.54, 1.807) is 0 Å². The molecule has 0 aliphatic carbocycles. The molecular weight excluding hydrogens is 340 g/mol. The van der Waals surface area contributed by atoms with Crippen molar-refractivity contribution in [3.63, 3.8) is 0 Å². The van der Waals surface area contributed by atoms with Crippen molar-refractivity contribution in [3.8, 4) is 0 Å². The Hall–Kier alpha value is -3.04. The molecule has 0 aliphatic rings. The zero-order valence-corrected chi connectivity index (χ0v) is 14.9. The number of nitrogens with one attached hydrogen (secondary N) is 4. The average Bonchev–Trinajstić information content (AvgIpc) is 2.59. The van der Waals surface area contributed by atoms with Gasteiger partial charge in [-0.3, -0.25) is 28.7 Å². The summed E-state index contributed by atoms with van der Waals surface area (Å²) < 4.78 is 2.02. The second kappa shape index (κ2) is 8.88. The van der Waals surface area contributed by atoms with Crippen LogP contribution in [0.2, 0.25) is 0 Å². The fourth-order valence-corrected chi connectivity index (χ4v) is 2.35. The lowest BCUT2D eigenvalue weighted by molar-refractivity contribution is 0.667. The molecule has 0 amide bonds. The highest BCUT2D eigenvalue weighted by atomic mass is 16.2. The number of hydrogen-bond donors (Lipinski definition) is 4. The number of unbranched alkanes of at least 4 members (excludes halogenated alkanes) is 3. The molecule has 26 heavy (non-hydrogen) atoms. The second-order valence-corrected chi connectivity index (χ2v) is 6.04. The van der Waals surface area contributed by atoms with Crippen LogP contribution >= 0.6 is 0 Å². The van der Waals surface area contributed by atoms with Crippen LogP contribution in [0.25, 0.3) is 0 Å². The number of nitrogens with zero attached hydrogens (tertiary/aromatic N) is 2. The van der Waals surface area contributed by atoms with Crippen molar-refractivity contribution in [2.24, 2.45) is 14.1 Å². The molecule has 0 atom stereocenters. The van der Waals surface area contributed by atoms with Crippen LogP contribution in [0.1, 0.15) is 25.7 Å². The summed E-state index contributed by atoms with van der Waals surface area (Å²) in [7, 11) is 2.84. The molecule has 0 radical (unpaired) electrons. The van der Waals surface area contributed by atoms with Crippen molar-refractivity contribution >= 4 is 11.6 Å². The Kier molecular flexibility index (Phi) is 6.59. The van der Waals surface area contributed by atoms with Crippen LogP contribution in [0, 0.1) is 0 Å². The molecule has 142 valence electrons. The first-order chi connectivity index (χ1) is 12.4. The Bertz CT molecular complexity index is 826. The molecule has 0 saturated heterocycles. The predicted octanol–water partition coefficient (Wildman–Crippen LogP) is -0.455. The fraction of sp³-hybridized carbons (Fsp3) is 0.500. The van der Waals surface area contributed by atoms with E-state index in [2.05, 4.69) is 20.6 Å². The highest BCUT2D eigenvalue weighted by molar-refractivity contribution is 5.32. The molecule has 2 aromatic rings. The maximum Gasteiger partial charge on any atom is 0.329 e. The first-order valence-electron chi connectivity index (χ1n) is 8.47. The van der Waals surface area contributed by atoms with Gasteiger partial charge < -0.3 is 10.6 Å². The normalized spacial score (nSPS) is 10.7. The maximum absolute atomic E-state index is 11.5. The summed E-state index contributed by atoms with van der Waals surface area (Å²) >= 11 is 0. The average molecular weight is 364 g/mol. The minimum Gasteiger partial charge on any atom is -0.371 e. The van der Waals surface area contributed by atoms with Crippen molar-refractivity contribution in [1.29, 1.82) is 0 Å². The summed E-state index contributed by atoms with van der Waals surface area (Å²) in [6, 6.07) is 2.71.